The number of carbonyl (C=O) groups excluding carboxylic acids is 1. The number of aryl methyl sites for hydroxylation is 2. The molecule has 3 heteroatoms. The Kier molecular flexibility index (Phi) is 3.69. The summed E-state index contributed by atoms with van der Waals surface area (Å²) in [6, 6.07) is 21.9. The van der Waals surface area contributed by atoms with E-state index >= 15 is 0 Å². The Hall–Kier alpha value is -3.20. The number of benzene rings is 3. The summed E-state index contributed by atoms with van der Waals surface area (Å²) in [7, 11) is 0. The molecule has 0 aliphatic rings. The minimum atomic E-state index is -0.122. The predicted octanol–water partition coefficient (Wildman–Crippen LogP) is 5.26. The number of pyridine rings is 1. The molecule has 0 bridgehead atoms. The molecule has 0 spiro atoms. The van der Waals surface area contributed by atoms with Gasteiger partial charge in [0, 0.05) is 11.1 Å². The summed E-state index contributed by atoms with van der Waals surface area (Å²) in [5, 5.41) is 6.28. The van der Waals surface area contributed by atoms with Gasteiger partial charge in [-0.1, -0.05) is 48.5 Å². The van der Waals surface area contributed by atoms with E-state index in [9.17, 15) is 4.79 Å². The lowest BCUT2D eigenvalue weighted by Gasteiger charge is -2.13. The van der Waals surface area contributed by atoms with Crippen molar-refractivity contribution in [1.29, 1.82) is 0 Å². The minimum Gasteiger partial charge on any atom is -0.322 e. The highest BCUT2D eigenvalue weighted by atomic mass is 16.1. The summed E-state index contributed by atoms with van der Waals surface area (Å²) in [6.45, 7) is 3.86. The number of nitrogens with one attached hydrogen (secondary N) is 1. The van der Waals surface area contributed by atoms with Crippen LogP contribution in [-0.4, -0.2) is 10.9 Å². The van der Waals surface area contributed by atoms with Gasteiger partial charge >= 0.3 is 0 Å². The van der Waals surface area contributed by atoms with E-state index in [2.05, 4.69) is 16.4 Å². The Bertz CT molecular complexity index is 1120. The second-order valence-electron chi connectivity index (χ2n) is 6.23. The predicted molar refractivity (Wildman–Crippen MR) is 103 cm³/mol. The molecule has 1 N–H and O–H groups in total. The van der Waals surface area contributed by atoms with Gasteiger partial charge in [-0.3, -0.25) is 9.78 Å². The van der Waals surface area contributed by atoms with Crippen LogP contribution in [0, 0.1) is 13.8 Å². The highest BCUT2D eigenvalue weighted by Gasteiger charge is 2.16. The van der Waals surface area contributed by atoms with Gasteiger partial charge in [-0.2, -0.15) is 0 Å². The SMILES string of the molecule is Cc1nc2ccccc2c(C)c1C(=O)Nc1ccc2ccccc2c1. The maximum absolute atomic E-state index is 12.9. The van der Waals surface area contributed by atoms with Crippen LogP contribution in [0.3, 0.4) is 0 Å². The van der Waals surface area contributed by atoms with Gasteiger partial charge in [-0.25, -0.2) is 0 Å². The first kappa shape index (κ1) is 15.3. The number of carbonyl (C=O) groups is 1. The van der Waals surface area contributed by atoms with E-state index in [1.165, 1.54) is 0 Å². The molecule has 0 atom stereocenters. The summed E-state index contributed by atoms with van der Waals surface area (Å²) >= 11 is 0. The van der Waals surface area contributed by atoms with E-state index in [4.69, 9.17) is 0 Å². The van der Waals surface area contributed by atoms with Crippen LogP contribution in [0.2, 0.25) is 0 Å². The average Bonchev–Trinajstić information content (AvgIpc) is 2.61. The number of amides is 1. The average molecular weight is 326 g/mol. The third-order valence-corrected chi connectivity index (χ3v) is 4.57. The molecule has 3 nitrogen and oxygen atoms in total. The van der Waals surface area contributed by atoms with Crippen molar-refractivity contribution in [2.45, 2.75) is 13.8 Å². The lowest BCUT2D eigenvalue weighted by atomic mass is 10.0. The number of rotatable bonds is 2. The van der Waals surface area contributed by atoms with Gasteiger partial charge in [0.15, 0.2) is 0 Å². The van der Waals surface area contributed by atoms with E-state index in [-0.39, 0.29) is 5.91 Å². The van der Waals surface area contributed by atoms with Crippen LogP contribution < -0.4 is 5.32 Å². The lowest BCUT2D eigenvalue weighted by Crippen LogP contribution is -2.16. The van der Waals surface area contributed by atoms with Gasteiger partial charge in [0.1, 0.15) is 0 Å². The van der Waals surface area contributed by atoms with E-state index < -0.39 is 0 Å². The number of hydrogen-bond donors (Lipinski definition) is 1. The molecule has 4 aromatic rings. The summed E-state index contributed by atoms with van der Waals surface area (Å²) in [6.07, 6.45) is 0. The highest BCUT2D eigenvalue weighted by molar-refractivity contribution is 6.09. The molecule has 1 aromatic heterocycles. The molecular formula is C22H18N2O. The highest BCUT2D eigenvalue weighted by Crippen LogP contribution is 2.24. The van der Waals surface area contributed by atoms with Gasteiger partial charge < -0.3 is 5.32 Å². The van der Waals surface area contributed by atoms with Crippen molar-refractivity contribution >= 4 is 33.3 Å². The first-order chi connectivity index (χ1) is 12.1. The summed E-state index contributed by atoms with van der Waals surface area (Å²) in [5.74, 6) is -0.122. The van der Waals surface area contributed by atoms with Crippen LogP contribution in [0.5, 0.6) is 0 Å². The molecule has 0 unspecified atom stereocenters. The van der Waals surface area contributed by atoms with E-state index in [0.717, 1.165) is 38.6 Å². The van der Waals surface area contributed by atoms with Crippen LogP contribution in [0.25, 0.3) is 21.7 Å². The Labute approximate surface area is 146 Å². The standard InChI is InChI=1S/C22H18N2O/c1-14-19-9-5-6-10-20(19)23-15(2)21(14)22(25)24-18-12-11-16-7-3-4-8-17(16)13-18/h3-13H,1-2H3,(H,24,25). The lowest BCUT2D eigenvalue weighted by molar-refractivity contribution is 0.102. The van der Waals surface area contributed by atoms with Crippen molar-refractivity contribution in [1.82, 2.24) is 4.98 Å². The molecule has 0 saturated heterocycles. The van der Waals surface area contributed by atoms with Crippen molar-refractivity contribution in [2.75, 3.05) is 5.32 Å². The van der Waals surface area contributed by atoms with E-state index in [1.54, 1.807) is 0 Å². The fraction of sp³-hybridized carbons (Fsp3) is 0.0909. The Morgan fingerprint density at radius 1 is 0.880 bits per heavy atom. The van der Waals surface area contributed by atoms with Crippen LogP contribution >= 0.6 is 0 Å². The molecule has 0 aliphatic heterocycles. The quantitative estimate of drug-likeness (QED) is 0.546. The maximum Gasteiger partial charge on any atom is 0.257 e. The number of hydrogen-bond acceptors (Lipinski definition) is 2. The summed E-state index contributed by atoms with van der Waals surface area (Å²) in [4.78, 5) is 17.5. The van der Waals surface area contributed by atoms with Gasteiger partial charge in [0.2, 0.25) is 0 Å². The molecular weight excluding hydrogens is 308 g/mol. The number of aromatic nitrogens is 1. The molecule has 0 aliphatic carbocycles. The Morgan fingerprint density at radius 3 is 2.44 bits per heavy atom. The number of nitrogens with zero attached hydrogens (tertiary/aromatic N) is 1. The third-order valence-electron chi connectivity index (χ3n) is 4.57. The molecule has 0 radical (unpaired) electrons. The smallest absolute Gasteiger partial charge is 0.257 e. The van der Waals surface area contributed by atoms with Crippen molar-refractivity contribution in [3.05, 3.63) is 83.6 Å². The third kappa shape index (κ3) is 2.74. The van der Waals surface area contributed by atoms with Gasteiger partial charge in [0.25, 0.3) is 5.91 Å². The van der Waals surface area contributed by atoms with Gasteiger partial charge in [-0.15, -0.1) is 0 Å². The maximum atomic E-state index is 12.9. The molecule has 4 rings (SSSR count). The monoisotopic (exact) mass is 326 g/mol. The number of fused-ring (bicyclic) bond motifs is 2. The fourth-order valence-corrected chi connectivity index (χ4v) is 3.33. The molecule has 122 valence electrons. The van der Waals surface area contributed by atoms with Crippen LogP contribution in [0.15, 0.2) is 66.7 Å². The van der Waals surface area contributed by atoms with Crippen LogP contribution in [-0.2, 0) is 0 Å². The zero-order chi connectivity index (χ0) is 17.4. The second-order valence-corrected chi connectivity index (χ2v) is 6.23. The van der Waals surface area contributed by atoms with Crippen LogP contribution in [0.1, 0.15) is 21.6 Å². The topological polar surface area (TPSA) is 42.0 Å². The van der Waals surface area contributed by atoms with Gasteiger partial charge in [0.05, 0.1) is 16.8 Å². The summed E-state index contributed by atoms with van der Waals surface area (Å²) in [5.41, 5.74) is 4.05. The zero-order valence-corrected chi connectivity index (χ0v) is 14.2. The normalized spacial score (nSPS) is 11.0. The fourth-order valence-electron chi connectivity index (χ4n) is 3.33. The molecule has 1 heterocycles. The minimum absolute atomic E-state index is 0.122. The molecule has 0 fully saturated rings. The molecule has 1 amide bonds. The van der Waals surface area contributed by atoms with Crippen molar-refractivity contribution in [3.8, 4) is 0 Å². The first-order valence-electron chi connectivity index (χ1n) is 8.29. The van der Waals surface area contributed by atoms with E-state index in [1.807, 2.05) is 74.5 Å². The number of para-hydroxylation sites is 1. The Morgan fingerprint density at radius 2 is 1.60 bits per heavy atom. The largest absolute Gasteiger partial charge is 0.322 e. The van der Waals surface area contributed by atoms with Gasteiger partial charge in [-0.05, 0) is 48.4 Å². The molecule has 3 aromatic carbocycles. The van der Waals surface area contributed by atoms with Crippen molar-refractivity contribution in [2.24, 2.45) is 0 Å². The zero-order valence-electron chi connectivity index (χ0n) is 14.2. The second kappa shape index (κ2) is 6.02. The first-order valence-corrected chi connectivity index (χ1v) is 8.29. The van der Waals surface area contributed by atoms with Crippen LogP contribution in [0.4, 0.5) is 5.69 Å². The van der Waals surface area contributed by atoms with Crippen molar-refractivity contribution < 1.29 is 4.79 Å². The molecule has 25 heavy (non-hydrogen) atoms. The molecule has 0 saturated carbocycles. The van der Waals surface area contributed by atoms with E-state index in [0.29, 0.717) is 5.56 Å². The summed E-state index contributed by atoms with van der Waals surface area (Å²) < 4.78 is 0. The van der Waals surface area contributed by atoms with Crippen molar-refractivity contribution in [3.63, 3.8) is 0 Å². The number of anilines is 1. The Balaban J connectivity index is 1.74.